The molecule has 0 atom stereocenters. The van der Waals surface area contributed by atoms with Gasteiger partial charge >= 0.3 is 0 Å². The van der Waals surface area contributed by atoms with Crippen molar-refractivity contribution in [1.82, 2.24) is 9.97 Å². The summed E-state index contributed by atoms with van der Waals surface area (Å²) in [7, 11) is 0. The maximum absolute atomic E-state index is 8.62. The normalized spacial score (nSPS) is 17.8. The molecule has 13 heavy (non-hydrogen) atoms. The van der Waals surface area contributed by atoms with Crippen LogP contribution in [0.4, 0.5) is 5.82 Å². The predicted molar refractivity (Wildman–Crippen MR) is 47.7 cm³/mol. The number of nitrogen functional groups attached to an aromatic ring is 1. The van der Waals surface area contributed by atoms with Gasteiger partial charge in [-0.15, -0.1) is 0 Å². The first kappa shape index (κ1) is 7.99. The van der Waals surface area contributed by atoms with Gasteiger partial charge in [0, 0.05) is 5.41 Å². The number of hydrogen-bond acceptors (Lipinski definition) is 4. The zero-order valence-corrected chi connectivity index (χ0v) is 7.41. The molecule has 0 radical (unpaired) electrons. The summed E-state index contributed by atoms with van der Waals surface area (Å²) in [5, 5.41) is 8.62. The Morgan fingerprint density at radius 3 is 2.77 bits per heavy atom. The Hall–Kier alpha value is -1.63. The number of hydrogen-bond donors (Lipinski definition) is 1. The second kappa shape index (κ2) is 2.43. The summed E-state index contributed by atoms with van der Waals surface area (Å²) in [6.45, 7) is 2.10. The summed E-state index contributed by atoms with van der Waals surface area (Å²) in [5.41, 5.74) is 6.05. The molecule has 2 N–H and O–H groups in total. The molecule has 4 nitrogen and oxygen atoms in total. The monoisotopic (exact) mass is 174 g/mol. The molecule has 0 aliphatic heterocycles. The van der Waals surface area contributed by atoms with Crippen LogP contribution in [0.2, 0.25) is 0 Å². The van der Waals surface area contributed by atoms with Gasteiger partial charge in [0.2, 0.25) is 0 Å². The Morgan fingerprint density at radius 1 is 1.62 bits per heavy atom. The van der Waals surface area contributed by atoms with E-state index in [4.69, 9.17) is 11.0 Å². The summed E-state index contributed by atoms with van der Waals surface area (Å²) >= 11 is 0. The molecular weight excluding hydrogens is 164 g/mol. The Labute approximate surface area is 76.4 Å². The van der Waals surface area contributed by atoms with E-state index in [1.165, 1.54) is 6.20 Å². The van der Waals surface area contributed by atoms with E-state index in [1.54, 1.807) is 0 Å². The molecule has 4 heteroatoms. The second-order valence-electron chi connectivity index (χ2n) is 3.66. The van der Waals surface area contributed by atoms with Crippen molar-refractivity contribution in [2.75, 3.05) is 5.73 Å². The summed E-state index contributed by atoms with van der Waals surface area (Å²) < 4.78 is 0. The van der Waals surface area contributed by atoms with Gasteiger partial charge in [-0.1, -0.05) is 6.92 Å². The lowest BCUT2D eigenvalue weighted by atomic mass is 10.1. The van der Waals surface area contributed by atoms with E-state index >= 15 is 0 Å². The molecule has 66 valence electrons. The van der Waals surface area contributed by atoms with Gasteiger partial charge in [0.1, 0.15) is 23.3 Å². The number of nitrogens with zero attached hydrogens (tertiary/aromatic N) is 3. The fraction of sp³-hybridized carbons (Fsp3) is 0.444. The minimum absolute atomic E-state index is 0.113. The maximum atomic E-state index is 8.62. The SMILES string of the molecule is CC1(c2ncc(C#N)c(N)n2)CC1. The molecule has 1 aliphatic rings. The van der Waals surface area contributed by atoms with Crippen LogP contribution in [-0.2, 0) is 5.41 Å². The van der Waals surface area contributed by atoms with Crippen LogP contribution in [-0.4, -0.2) is 9.97 Å². The molecule has 0 aromatic carbocycles. The van der Waals surface area contributed by atoms with Crippen LogP contribution in [0.15, 0.2) is 6.20 Å². The first-order chi connectivity index (χ1) is 6.15. The lowest BCUT2D eigenvalue weighted by molar-refractivity contribution is 0.710. The molecule has 0 bridgehead atoms. The topological polar surface area (TPSA) is 75.6 Å². The number of rotatable bonds is 1. The molecule has 1 aromatic heterocycles. The summed E-state index contributed by atoms with van der Waals surface area (Å²) in [6.07, 6.45) is 3.72. The Morgan fingerprint density at radius 2 is 2.31 bits per heavy atom. The van der Waals surface area contributed by atoms with Crippen LogP contribution >= 0.6 is 0 Å². The van der Waals surface area contributed by atoms with Crippen molar-refractivity contribution >= 4 is 5.82 Å². The van der Waals surface area contributed by atoms with Crippen LogP contribution in [0.25, 0.3) is 0 Å². The summed E-state index contributed by atoms with van der Waals surface area (Å²) in [6, 6.07) is 1.94. The van der Waals surface area contributed by atoms with Gasteiger partial charge in [0.15, 0.2) is 0 Å². The first-order valence-electron chi connectivity index (χ1n) is 4.19. The van der Waals surface area contributed by atoms with Crippen molar-refractivity contribution < 1.29 is 0 Å². The standard InChI is InChI=1S/C9H10N4/c1-9(2-3-9)8-12-5-6(4-10)7(11)13-8/h5H,2-3H2,1H3,(H2,11,12,13). The molecule has 1 heterocycles. The van der Waals surface area contributed by atoms with Gasteiger partial charge in [-0.05, 0) is 12.8 Å². The van der Waals surface area contributed by atoms with Crippen LogP contribution in [0.3, 0.4) is 0 Å². The molecule has 1 fully saturated rings. The van der Waals surface area contributed by atoms with Gasteiger partial charge in [-0.2, -0.15) is 5.26 Å². The lowest BCUT2D eigenvalue weighted by Crippen LogP contribution is -2.09. The minimum atomic E-state index is 0.113. The Balaban J connectivity index is 2.43. The Kier molecular flexibility index (Phi) is 1.49. The van der Waals surface area contributed by atoms with Gasteiger partial charge in [0.25, 0.3) is 0 Å². The van der Waals surface area contributed by atoms with Gasteiger partial charge in [-0.3, -0.25) is 0 Å². The largest absolute Gasteiger partial charge is 0.382 e. The highest BCUT2D eigenvalue weighted by atomic mass is 15.0. The van der Waals surface area contributed by atoms with E-state index in [-0.39, 0.29) is 5.41 Å². The highest BCUT2D eigenvalue weighted by Crippen LogP contribution is 2.45. The molecule has 2 rings (SSSR count). The predicted octanol–water partition coefficient (Wildman–Crippen LogP) is 0.982. The molecular formula is C9H10N4. The zero-order valence-electron chi connectivity index (χ0n) is 7.41. The highest BCUT2D eigenvalue weighted by molar-refractivity contribution is 5.47. The third-order valence-corrected chi connectivity index (χ3v) is 2.48. The molecule has 0 unspecified atom stereocenters. The van der Waals surface area contributed by atoms with E-state index in [9.17, 15) is 0 Å². The lowest BCUT2D eigenvalue weighted by Gasteiger charge is -2.06. The van der Waals surface area contributed by atoms with Gasteiger partial charge in [0.05, 0.1) is 6.20 Å². The molecule has 1 aromatic rings. The zero-order chi connectivity index (χ0) is 9.47. The van der Waals surface area contributed by atoms with Crippen molar-refractivity contribution in [2.45, 2.75) is 25.2 Å². The third-order valence-electron chi connectivity index (χ3n) is 2.48. The number of nitrogens with two attached hydrogens (primary N) is 1. The molecule has 0 saturated heterocycles. The second-order valence-corrected chi connectivity index (χ2v) is 3.66. The average molecular weight is 174 g/mol. The van der Waals surface area contributed by atoms with Crippen LogP contribution < -0.4 is 5.73 Å². The summed E-state index contributed by atoms with van der Waals surface area (Å²) in [4.78, 5) is 8.25. The van der Waals surface area contributed by atoms with Crippen LogP contribution in [0.1, 0.15) is 31.2 Å². The molecule has 0 spiro atoms. The highest BCUT2D eigenvalue weighted by Gasteiger charge is 2.42. The van der Waals surface area contributed by atoms with Crippen LogP contribution in [0.5, 0.6) is 0 Å². The fourth-order valence-corrected chi connectivity index (χ4v) is 1.18. The summed E-state index contributed by atoms with van der Waals surface area (Å²) in [5.74, 6) is 1.06. The van der Waals surface area contributed by atoms with E-state index in [0.717, 1.165) is 18.7 Å². The minimum Gasteiger partial charge on any atom is -0.382 e. The van der Waals surface area contributed by atoms with Crippen LogP contribution in [0, 0.1) is 11.3 Å². The van der Waals surface area contributed by atoms with Gasteiger partial charge < -0.3 is 5.73 Å². The van der Waals surface area contributed by atoms with Crippen molar-refractivity contribution in [3.8, 4) is 6.07 Å². The van der Waals surface area contributed by atoms with Crippen molar-refractivity contribution in [1.29, 1.82) is 5.26 Å². The number of nitriles is 1. The molecule has 1 aliphatic carbocycles. The van der Waals surface area contributed by atoms with E-state index in [1.807, 2.05) is 6.07 Å². The van der Waals surface area contributed by atoms with Crippen molar-refractivity contribution in [3.05, 3.63) is 17.6 Å². The molecule has 1 saturated carbocycles. The third kappa shape index (κ3) is 1.22. The van der Waals surface area contributed by atoms with Crippen molar-refractivity contribution in [2.24, 2.45) is 0 Å². The maximum Gasteiger partial charge on any atom is 0.145 e. The average Bonchev–Trinajstić information content (AvgIpc) is 2.85. The van der Waals surface area contributed by atoms with E-state index in [2.05, 4.69) is 16.9 Å². The smallest absolute Gasteiger partial charge is 0.145 e. The molecule has 0 amide bonds. The quantitative estimate of drug-likeness (QED) is 0.688. The Bertz CT molecular complexity index is 387. The van der Waals surface area contributed by atoms with E-state index < -0.39 is 0 Å². The first-order valence-corrected chi connectivity index (χ1v) is 4.19. The van der Waals surface area contributed by atoms with Crippen molar-refractivity contribution in [3.63, 3.8) is 0 Å². The van der Waals surface area contributed by atoms with Gasteiger partial charge in [-0.25, -0.2) is 9.97 Å². The number of aromatic nitrogens is 2. The number of anilines is 1. The van der Waals surface area contributed by atoms with E-state index in [0.29, 0.717) is 11.4 Å². The fourth-order valence-electron chi connectivity index (χ4n) is 1.18.